The highest BCUT2D eigenvalue weighted by molar-refractivity contribution is 6.31. The number of carbonyl (C=O) groups is 1. The Kier molecular flexibility index (Phi) is 4.73. The number of benzene rings is 1. The number of halogens is 1. The molecule has 1 aromatic rings. The third-order valence-electron chi connectivity index (χ3n) is 4.01. The lowest BCUT2D eigenvalue weighted by molar-refractivity contribution is -0.0359. The highest BCUT2D eigenvalue weighted by Gasteiger charge is 2.37. The van der Waals surface area contributed by atoms with Gasteiger partial charge in [-0.25, -0.2) is 4.79 Å². The van der Waals surface area contributed by atoms with E-state index in [0.29, 0.717) is 31.0 Å². The maximum absolute atomic E-state index is 12.1. The molecule has 2 rings (SSSR count). The van der Waals surface area contributed by atoms with E-state index in [1.165, 1.54) is 0 Å². The second-order valence-electron chi connectivity index (χ2n) is 6.91. The first-order valence-corrected chi connectivity index (χ1v) is 7.96. The third kappa shape index (κ3) is 3.73. The van der Waals surface area contributed by atoms with Crippen LogP contribution in [-0.2, 0) is 10.3 Å². The first-order valence-electron chi connectivity index (χ1n) is 7.58. The van der Waals surface area contributed by atoms with Crippen LogP contribution in [0.1, 0.15) is 44.7 Å². The molecule has 1 heterocycles. The van der Waals surface area contributed by atoms with Crippen LogP contribution in [0.5, 0.6) is 0 Å². The van der Waals surface area contributed by atoms with Crippen molar-refractivity contribution < 1.29 is 14.6 Å². The van der Waals surface area contributed by atoms with E-state index in [9.17, 15) is 9.90 Å². The van der Waals surface area contributed by atoms with Gasteiger partial charge in [0.2, 0.25) is 0 Å². The zero-order chi connectivity index (χ0) is 16.5. The molecule has 0 saturated carbocycles. The summed E-state index contributed by atoms with van der Waals surface area (Å²) in [7, 11) is 0. The van der Waals surface area contributed by atoms with Crippen molar-refractivity contribution in [1.82, 2.24) is 4.90 Å². The van der Waals surface area contributed by atoms with Crippen LogP contribution in [0.2, 0.25) is 5.02 Å². The second-order valence-corrected chi connectivity index (χ2v) is 7.32. The van der Waals surface area contributed by atoms with Gasteiger partial charge in [0.1, 0.15) is 5.60 Å². The molecule has 0 atom stereocenters. The minimum absolute atomic E-state index is 0.322. The molecule has 1 saturated heterocycles. The average Bonchev–Trinajstić information content (AvgIpc) is 2.40. The van der Waals surface area contributed by atoms with Crippen LogP contribution >= 0.6 is 11.6 Å². The molecule has 1 aliphatic rings. The number of carbonyl (C=O) groups excluding carboxylic acids is 1. The Hall–Kier alpha value is -1.26. The number of piperidine rings is 1. The smallest absolute Gasteiger partial charge is 0.410 e. The summed E-state index contributed by atoms with van der Waals surface area (Å²) in [6, 6.07) is 5.58. The Morgan fingerprint density at radius 3 is 2.45 bits per heavy atom. The van der Waals surface area contributed by atoms with Crippen molar-refractivity contribution in [3.63, 3.8) is 0 Å². The number of rotatable bonds is 1. The fraction of sp³-hybridized carbons (Fsp3) is 0.588. The van der Waals surface area contributed by atoms with Crippen LogP contribution in [0.3, 0.4) is 0 Å². The van der Waals surface area contributed by atoms with Crippen LogP contribution in [0.4, 0.5) is 4.79 Å². The molecule has 4 nitrogen and oxygen atoms in total. The molecule has 1 aromatic carbocycles. The Bertz CT molecular complexity index is 558. The van der Waals surface area contributed by atoms with Crippen molar-refractivity contribution in [3.8, 4) is 0 Å². The predicted octanol–water partition coefficient (Wildman–Crippen LogP) is 3.87. The molecule has 5 heteroatoms. The highest BCUT2D eigenvalue weighted by Crippen LogP contribution is 2.36. The van der Waals surface area contributed by atoms with E-state index in [0.717, 1.165) is 11.1 Å². The molecular weight excluding hydrogens is 302 g/mol. The summed E-state index contributed by atoms with van der Waals surface area (Å²) >= 11 is 6.15. The Morgan fingerprint density at radius 2 is 1.91 bits per heavy atom. The van der Waals surface area contributed by atoms with E-state index in [1.807, 2.05) is 45.9 Å². The molecule has 0 bridgehead atoms. The van der Waals surface area contributed by atoms with E-state index in [-0.39, 0.29) is 6.09 Å². The summed E-state index contributed by atoms with van der Waals surface area (Å²) < 4.78 is 5.38. The maximum atomic E-state index is 12.1. The van der Waals surface area contributed by atoms with Gasteiger partial charge in [0.25, 0.3) is 0 Å². The lowest BCUT2D eigenvalue weighted by Crippen LogP contribution is -2.47. The lowest BCUT2D eigenvalue weighted by atomic mass is 9.82. The molecule has 0 radical (unpaired) electrons. The first kappa shape index (κ1) is 17.1. The second kappa shape index (κ2) is 6.09. The molecule has 1 aliphatic heterocycles. The molecule has 0 spiro atoms. The first-order chi connectivity index (χ1) is 10.1. The van der Waals surface area contributed by atoms with Gasteiger partial charge in [0.15, 0.2) is 0 Å². The number of likely N-dealkylation sites (tertiary alicyclic amines) is 1. The zero-order valence-electron chi connectivity index (χ0n) is 13.6. The monoisotopic (exact) mass is 325 g/mol. The van der Waals surface area contributed by atoms with Crippen molar-refractivity contribution in [3.05, 3.63) is 34.3 Å². The van der Waals surface area contributed by atoms with Crippen molar-refractivity contribution in [2.75, 3.05) is 13.1 Å². The molecule has 1 fully saturated rings. The van der Waals surface area contributed by atoms with Crippen molar-refractivity contribution in [1.29, 1.82) is 0 Å². The third-order valence-corrected chi connectivity index (χ3v) is 4.42. The van der Waals surface area contributed by atoms with Gasteiger partial charge >= 0.3 is 6.09 Å². The standard InChI is InChI=1S/C17H24ClNO3/c1-12-13(6-5-7-14(12)18)17(21)8-10-19(11-9-17)15(20)22-16(2,3)4/h5-7,21H,8-11H2,1-4H3. The topological polar surface area (TPSA) is 49.8 Å². The molecule has 0 unspecified atom stereocenters. The maximum Gasteiger partial charge on any atom is 0.410 e. The summed E-state index contributed by atoms with van der Waals surface area (Å²) in [5.41, 5.74) is 0.309. The van der Waals surface area contributed by atoms with Crippen molar-refractivity contribution in [2.24, 2.45) is 0 Å². The lowest BCUT2D eigenvalue weighted by Gasteiger charge is -2.39. The zero-order valence-corrected chi connectivity index (χ0v) is 14.4. The Balaban J connectivity index is 2.08. The predicted molar refractivity (Wildman–Crippen MR) is 87.1 cm³/mol. The van der Waals surface area contributed by atoms with Gasteiger partial charge in [0, 0.05) is 18.1 Å². The van der Waals surface area contributed by atoms with E-state index in [2.05, 4.69) is 0 Å². The molecule has 22 heavy (non-hydrogen) atoms. The molecule has 122 valence electrons. The summed E-state index contributed by atoms with van der Waals surface area (Å²) in [5.74, 6) is 0. The van der Waals surface area contributed by atoms with Gasteiger partial charge in [-0.15, -0.1) is 0 Å². The van der Waals surface area contributed by atoms with E-state index >= 15 is 0 Å². The normalized spacial score (nSPS) is 18.2. The molecule has 1 N–H and O–H groups in total. The van der Waals surface area contributed by atoms with Gasteiger partial charge in [0.05, 0.1) is 5.60 Å². The molecule has 0 aliphatic carbocycles. The summed E-state index contributed by atoms with van der Waals surface area (Å²) in [4.78, 5) is 13.7. The van der Waals surface area contributed by atoms with Crippen LogP contribution in [0.15, 0.2) is 18.2 Å². The molecular formula is C17H24ClNO3. The SMILES string of the molecule is Cc1c(Cl)cccc1C1(O)CCN(C(=O)OC(C)(C)C)CC1. The van der Waals surface area contributed by atoms with E-state index in [4.69, 9.17) is 16.3 Å². The van der Waals surface area contributed by atoms with Gasteiger partial charge in [-0.3, -0.25) is 0 Å². The number of hydrogen-bond donors (Lipinski definition) is 1. The summed E-state index contributed by atoms with van der Waals surface area (Å²) in [6.45, 7) is 8.39. The quantitative estimate of drug-likeness (QED) is 0.852. The van der Waals surface area contributed by atoms with Crippen LogP contribution in [0.25, 0.3) is 0 Å². The van der Waals surface area contributed by atoms with Gasteiger partial charge in [-0.1, -0.05) is 23.7 Å². The number of amides is 1. The van der Waals surface area contributed by atoms with Crippen LogP contribution in [0, 0.1) is 6.92 Å². The fourth-order valence-electron chi connectivity index (χ4n) is 2.77. The van der Waals surface area contributed by atoms with Gasteiger partial charge < -0.3 is 14.7 Å². The van der Waals surface area contributed by atoms with Gasteiger partial charge in [-0.05, 0) is 57.7 Å². The summed E-state index contributed by atoms with van der Waals surface area (Å²) in [5, 5.41) is 11.6. The minimum Gasteiger partial charge on any atom is -0.444 e. The number of nitrogens with zero attached hydrogens (tertiary/aromatic N) is 1. The number of aliphatic hydroxyl groups is 1. The highest BCUT2D eigenvalue weighted by atomic mass is 35.5. The Morgan fingerprint density at radius 1 is 1.32 bits per heavy atom. The van der Waals surface area contributed by atoms with Crippen LogP contribution < -0.4 is 0 Å². The fourth-order valence-corrected chi connectivity index (χ4v) is 2.94. The van der Waals surface area contributed by atoms with Crippen LogP contribution in [-0.4, -0.2) is 34.8 Å². The van der Waals surface area contributed by atoms with E-state index in [1.54, 1.807) is 4.90 Å². The number of hydrogen-bond acceptors (Lipinski definition) is 3. The Labute approximate surface area is 137 Å². The molecule has 0 aromatic heterocycles. The minimum atomic E-state index is -0.937. The van der Waals surface area contributed by atoms with Crippen molar-refractivity contribution >= 4 is 17.7 Å². The van der Waals surface area contributed by atoms with Gasteiger partial charge in [-0.2, -0.15) is 0 Å². The average molecular weight is 326 g/mol. The number of ether oxygens (including phenoxy) is 1. The van der Waals surface area contributed by atoms with E-state index < -0.39 is 11.2 Å². The largest absolute Gasteiger partial charge is 0.444 e. The van der Waals surface area contributed by atoms with Crippen molar-refractivity contribution in [2.45, 2.75) is 51.7 Å². The summed E-state index contributed by atoms with van der Waals surface area (Å²) in [6.07, 6.45) is 0.637. The molecule has 1 amide bonds.